The molecule has 3 heterocycles. The largest absolute Gasteiger partial charge is 0.368 e. The van der Waals surface area contributed by atoms with Crippen molar-refractivity contribution in [3.05, 3.63) is 71.8 Å². The minimum atomic E-state index is -3.04. The van der Waals surface area contributed by atoms with Gasteiger partial charge in [0.05, 0.1) is 33.7 Å². The lowest BCUT2D eigenvalue weighted by Crippen LogP contribution is -2.66. The summed E-state index contributed by atoms with van der Waals surface area (Å²) in [5.41, 5.74) is 6.91. The molecule has 15 heteroatoms. The third-order valence-corrected chi connectivity index (χ3v) is 13.1. The Morgan fingerprint density at radius 2 is 1.10 bits per heavy atom. The van der Waals surface area contributed by atoms with E-state index in [1.54, 1.807) is 9.80 Å². The van der Waals surface area contributed by atoms with Gasteiger partial charge in [-0.2, -0.15) is 0 Å². The molecule has 3 saturated heterocycles. The Hall–Kier alpha value is -4.21. The van der Waals surface area contributed by atoms with Crippen molar-refractivity contribution in [3.63, 3.8) is 0 Å². The lowest BCUT2D eigenvalue weighted by Gasteiger charge is -2.57. The molecule has 2 aromatic carbocycles. The second-order valence-corrected chi connectivity index (χ2v) is 17.7. The summed E-state index contributed by atoms with van der Waals surface area (Å²) in [5, 5.41) is 6.17. The van der Waals surface area contributed by atoms with Crippen LogP contribution in [0.1, 0.15) is 36.8 Å². The Morgan fingerprint density at radius 3 is 1.47 bits per heavy atom. The maximum atomic E-state index is 12.6. The van der Waals surface area contributed by atoms with Crippen molar-refractivity contribution < 1.29 is 27.6 Å². The zero-order valence-corrected chi connectivity index (χ0v) is 30.7. The van der Waals surface area contributed by atoms with E-state index in [9.17, 15) is 27.6 Å². The number of urea groups is 2. The molecular weight excluding hydrogens is 673 g/mol. The normalized spacial score (nSPS) is 30.8. The van der Waals surface area contributed by atoms with E-state index in [0.717, 1.165) is 25.7 Å². The molecule has 14 nitrogen and oxygen atoms in total. The number of rotatable bonds is 8. The van der Waals surface area contributed by atoms with E-state index in [4.69, 9.17) is 5.73 Å². The fourth-order valence-electron chi connectivity index (χ4n) is 8.82. The van der Waals surface area contributed by atoms with Crippen molar-refractivity contribution in [3.8, 4) is 0 Å². The Labute approximate surface area is 300 Å². The van der Waals surface area contributed by atoms with E-state index in [-0.39, 0.29) is 77.8 Å². The number of carbonyl (C=O) groups is 4. The summed E-state index contributed by atoms with van der Waals surface area (Å²) in [7, 11) is 5.21. The molecule has 0 aromatic heterocycles. The average molecular weight is 723 g/mol. The van der Waals surface area contributed by atoms with Gasteiger partial charge in [0, 0.05) is 26.2 Å². The number of hydrogen-bond donors (Lipinski definition) is 3. The number of nitrogens with two attached hydrogens (primary N) is 1. The maximum absolute atomic E-state index is 12.6. The minimum Gasteiger partial charge on any atom is -0.368 e. The molecule has 2 saturated carbocycles. The first-order valence-electron chi connectivity index (χ1n) is 17.4. The zero-order valence-electron chi connectivity index (χ0n) is 29.9. The van der Waals surface area contributed by atoms with Crippen LogP contribution in [0.4, 0.5) is 9.59 Å². The van der Waals surface area contributed by atoms with Gasteiger partial charge in [0.1, 0.15) is 13.1 Å². The Morgan fingerprint density at radius 1 is 0.706 bits per heavy atom. The number of hydrogen-bond acceptors (Lipinski definition) is 8. The molecule has 0 radical (unpaired) electrons. The molecule has 4 N–H and O–H groups in total. The molecule has 6 amide bonds. The zero-order chi connectivity index (χ0) is 36.8. The first-order chi connectivity index (χ1) is 24.0. The molecule has 5 fully saturated rings. The van der Waals surface area contributed by atoms with Crippen LogP contribution in [0.5, 0.6) is 0 Å². The summed E-state index contributed by atoms with van der Waals surface area (Å²) < 4.78 is 23.1. The Bertz CT molecular complexity index is 1740. The van der Waals surface area contributed by atoms with Crippen LogP contribution in [-0.2, 0) is 30.5 Å². The summed E-state index contributed by atoms with van der Waals surface area (Å²) in [6, 6.07) is 20.2. The molecule has 51 heavy (non-hydrogen) atoms. The molecule has 3 aliphatic heterocycles. The van der Waals surface area contributed by atoms with Gasteiger partial charge in [0.2, 0.25) is 11.8 Å². The van der Waals surface area contributed by atoms with E-state index in [1.165, 1.54) is 16.0 Å². The Kier molecular flexibility index (Phi) is 9.61. The first kappa shape index (κ1) is 36.6. The van der Waals surface area contributed by atoms with E-state index in [0.29, 0.717) is 13.1 Å². The number of primary amides is 1. The summed E-state index contributed by atoms with van der Waals surface area (Å²) in [5.74, 6) is -0.670. The number of nitrogens with zero attached hydrogens (tertiary/aromatic N) is 5. The quantitative estimate of drug-likeness (QED) is 0.359. The third kappa shape index (κ3) is 7.03. The monoisotopic (exact) mass is 722 g/mol. The highest BCUT2D eigenvalue weighted by Crippen LogP contribution is 2.54. The topological polar surface area (TPSA) is 169 Å². The summed E-state index contributed by atoms with van der Waals surface area (Å²) in [6.07, 6.45) is 3.24. The predicted molar refractivity (Wildman–Crippen MR) is 192 cm³/mol. The lowest BCUT2D eigenvalue weighted by molar-refractivity contribution is -0.131. The fraction of sp³-hybridized carbons (Fsp3) is 0.556. The summed E-state index contributed by atoms with van der Waals surface area (Å²) in [6.45, 7) is 1.42. The van der Waals surface area contributed by atoms with Crippen molar-refractivity contribution in [2.75, 3.05) is 79.0 Å². The number of benzene rings is 2. The molecule has 276 valence electrons. The molecule has 0 atom stereocenters. The summed E-state index contributed by atoms with van der Waals surface area (Å²) >= 11 is 0. The molecule has 2 spiro atoms. The van der Waals surface area contributed by atoms with Crippen LogP contribution in [0, 0.1) is 0 Å². The molecule has 7 rings (SSSR count). The standard InChI is InChI=1S/C20H28N4O4S.C16H22N4O2/c1-22(2)20(16-6-4-3-5-7-16)13-19(14-20)15-24(18(26)21-19)12-17(25)23-8-10-29(27,28)11-9-23;1-19(2)16(12-6-4-3-5-7-12)9-15(10-16)11-20(8-13(17)21)14(22)18-15/h3-7H,8-15H2,1-2H3,(H,21,26);3-7H,8-11H2,1-2H3,(H2,17,21)(H,18,22). The van der Waals surface area contributed by atoms with Crippen molar-refractivity contribution in [2.45, 2.75) is 47.8 Å². The molecule has 2 aromatic rings. The van der Waals surface area contributed by atoms with E-state index in [2.05, 4.69) is 72.9 Å². The number of carbonyl (C=O) groups excluding carboxylic acids is 4. The number of nitrogens with one attached hydrogen (secondary N) is 2. The maximum Gasteiger partial charge on any atom is 0.318 e. The fourth-order valence-corrected chi connectivity index (χ4v) is 10.0. The highest BCUT2D eigenvalue weighted by Gasteiger charge is 2.62. The van der Waals surface area contributed by atoms with Crippen LogP contribution in [0.2, 0.25) is 0 Å². The predicted octanol–water partition coefficient (Wildman–Crippen LogP) is 0.745. The minimum absolute atomic E-state index is 0.00267. The molecule has 0 bridgehead atoms. The molecule has 0 unspecified atom stereocenters. The third-order valence-electron chi connectivity index (χ3n) is 11.5. The van der Waals surface area contributed by atoms with Crippen molar-refractivity contribution in [1.29, 1.82) is 0 Å². The highest BCUT2D eigenvalue weighted by molar-refractivity contribution is 7.91. The van der Waals surface area contributed by atoms with Crippen LogP contribution in [0.25, 0.3) is 0 Å². The van der Waals surface area contributed by atoms with Crippen LogP contribution < -0.4 is 16.4 Å². The van der Waals surface area contributed by atoms with Gasteiger partial charge in [-0.25, -0.2) is 18.0 Å². The van der Waals surface area contributed by atoms with Crippen LogP contribution in [0.15, 0.2) is 60.7 Å². The van der Waals surface area contributed by atoms with Crippen molar-refractivity contribution >= 4 is 33.7 Å². The number of sulfone groups is 1. The van der Waals surface area contributed by atoms with Gasteiger partial charge in [-0.15, -0.1) is 0 Å². The van der Waals surface area contributed by atoms with Crippen LogP contribution in [0.3, 0.4) is 0 Å². The molecule has 2 aliphatic carbocycles. The average Bonchev–Trinajstić information content (AvgIpc) is 3.55. The van der Waals surface area contributed by atoms with Crippen molar-refractivity contribution in [2.24, 2.45) is 5.73 Å². The highest BCUT2D eigenvalue weighted by atomic mass is 32.2. The summed E-state index contributed by atoms with van der Waals surface area (Å²) in [4.78, 5) is 57.3. The smallest absolute Gasteiger partial charge is 0.318 e. The van der Waals surface area contributed by atoms with Gasteiger partial charge in [-0.3, -0.25) is 19.4 Å². The number of amides is 6. The van der Waals surface area contributed by atoms with Gasteiger partial charge in [0.25, 0.3) is 0 Å². The van der Waals surface area contributed by atoms with Crippen molar-refractivity contribution in [1.82, 2.24) is 35.1 Å². The second kappa shape index (κ2) is 13.4. The van der Waals surface area contributed by atoms with Gasteiger partial charge in [-0.1, -0.05) is 60.7 Å². The van der Waals surface area contributed by atoms with Gasteiger partial charge in [0.15, 0.2) is 9.84 Å². The van der Waals surface area contributed by atoms with Gasteiger partial charge >= 0.3 is 12.1 Å². The van der Waals surface area contributed by atoms with Crippen LogP contribution in [-0.4, -0.2) is 147 Å². The first-order valence-corrected chi connectivity index (χ1v) is 19.2. The van der Waals surface area contributed by atoms with E-state index < -0.39 is 15.7 Å². The van der Waals surface area contributed by atoms with Crippen LogP contribution >= 0.6 is 0 Å². The SMILES string of the molecule is CN(C)C1(c2ccccc2)CC2(CN(CC(=O)N3CCS(=O)(=O)CC3)C(=O)N2)C1.CN(C)C1(c2ccccc2)CC2(CN(CC(N)=O)C(=O)N2)C1. The molecule has 5 aliphatic rings. The lowest BCUT2D eigenvalue weighted by atomic mass is 9.59. The van der Waals surface area contributed by atoms with E-state index in [1.807, 2.05) is 36.4 Å². The molecular formula is C36H50N8O6S. The van der Waals surface area contributed by atoms with Gasteiger partial charge < -0.3 is 31.1 Å². The van der Waals surface area contributed by atoms with E-state index >= 15 is 0 Å². The second-order valence-electron chi connectivity index (χ2n) is 15.4. The Balaban J connectivity index is 0.000000183. The van der Waals surface area contributed by atoms with Gasteiger partial charge in [-0.05, 0) is 65.0 Å².